The second-order valence-electron chi connectivity index (χ2n) is 5.48. The number of rotatable bonds is 9. The van der Waals surface area contributed by atoms with Gasteiger partial charge in [0, 0.05) is 19.7 Å². The standard InChI is InChI=1S/C16H25NO3/c1-13(2)12-20-11-10-17(3)9-8-14-6-4-5-7-15(14)16(18)19/h4-7,13H,8-12H2,1-3H3,(H,18,19). The van der Waals surface area contributed by atoms with Crippen LogP contribution in [-0.4, -0.2) is 49.3 Å². The first-order chi connectivity index (χ1) is 9.50. The predicted octanol–water partition coefficient (Wildman–Crippen LogP) is 2.53. The fourth-order valence-corrected chi connectivity index (χ4v) is 1.91. The molecule has 1 aromatic rings. The van der Waals surface area contributed by atoms with Crippen molar-refractivity contribution in [2.75, 3.05) is 33.4 Å². The number of hydrogen-bond acceptors (Lipinski definition) is 3. The first-order valence-corrected chi connectivity index (χ1v) is 7.08. The van der Waals surface area contributed by atoms with Gasteiger partial charge in [-0.3, -0.25) is 0 Å². The predicted molar refractivity (Wildman–Crippen MR) is 80.3 cm³/mol. The van der Waals surface area contributed by atoms with Crippen LogP contribution in [0.4, 0.5) is 0 Å². The largest absolute Gasteiger partial charge is 0.478 e. The molecule has 0 bridgehead atoms. The monoisotopic (exact) mass is 279 g/mol. The molecular formula is C16H25NO3. The number of benzene rings is 1. The molecule has 1 aromatic carbocycles. The van der Waals surface area contributed by atoms with E-state index in [0.717, 1.165) is 38.3 Å². The van der Waals surface area contributed by atoms with Crippen molar-refractivity contribution in [3.05, 3.63) is 35.4 Å². The van der Waals surface area contributed by atoms with Crippen molar-refractivity contribution >= 4 is 5.97 Å². The summed E-state index contributed by atoms with van der Waals surface area (Å²) in [6, 6.07) is 7.18. The smallest absolute Gasteiger partial charge is 0.335 e. The van der Waals surface area contributed by atoms with Crippen LogP contribution in [0.1, 0.15) is 29.8 Å². The van der Waals surface area contributed by atoms with Crippen LogP contribution < -0.4 is 0 Å². The van der Waals surface area contributed by atoms with E-state index < -0.39 is 5.97 Å². The van der Waals surface area contributed by atoms with Crippen LogP contribution in [0, 0.1) is 5.92 Å². The average molecular weight is 279 g/mol. The van der Waals surface area contributed by atoms with Crippen LogP contribution in [-0.2, 0) is 11.2 Å². The Morgan fingerprint density at radius 2 is 2.00 bits per heavy atom. The van der Waals surface area contributed by atoms with Crippen LogP contribution in [0.5, 0.6) is 0 Å². The molecule has 112 valence electrons. The van der Waals surface area contributed by atoms with Gasteiger partial charge in [-0.15, -0.1) is 0 Å². The van der Waals surface area contributed by atoms with E-state index in [1.807, 2.05) is 19.2 Å². The highest BCUT2D eigenvalue weighted by molar-refractivity contribution is 5.89. The van der Waals surface area contributed by atoms with Gasteiger partial charge in [0.2, 0.25) is 0 Å². The van der Waals surface area contributed by atoms with Crippen LogP contribution in [0.3, 0.4) is 0 Å². The van der Waals surface area contributed by atoms with Gasteiger partial charge in [0.1, 0.15) is 0 Å². The Kier molecular flexibility index (Phi) is 7.26. The average Bonchev–Trinajstić information content (AvgIpc) is 2.41. The summed E-state index contributed by atoms with van der Waals surface area (Å²) < 4.78 is 5.54. The Labute approximate surface area is 121 Å². The van der Waals surface area contributed by atoms with E-state index in [-0.39, 0.29) is 0 Å². The van der Waals surface area contributed by atoms with Crippen molar-refractivity contribution < 1.29 is 14.6 Å². The first-order valence-electron chi connectivity index (χ1n) is 7.08. The fraction of sp³-hybridized carbons (Fsp3) is 0.562. The number of likely N-dealkylation sites (N-methyl/N-ethyl adjacent to an activating group) is 1. The molecule has 0 heterocycles. The summed E-state index contributed by atoms with van der Waals surface area (Å²) in [5, 5.41) is 9.12. The maximum Gasteiger partial charge on any atom is 0.335 e. The van der Waals surface area contributed by atoms with E-state index in [1.54, 1.807) is 12.1 Å². The van der Waals surface area contributed by atoms with Crippen LogP contribution in [0.2, 0.25) is 0 Å². The summed E-state index contributed by atoms with van der Waals surface area (Å²) in [5.41, 5.74) is 1.28. The molecule has 4 nitrogen and oxygen atoms in total. The first kappa shape index (κ1) is 16.7. The SMILES string of the molecule is CC(C)COCCN(C)CCc1ccccc1C(=O)O. The van der Waals surface area contributed by atoms with E-state index in [2.05, 4.69) is 18.7 Å². The summed E-state index contributed by atoms with van der Waals surface area (Å²) in [5.74, 6) is -0.300. The van der Waals surface area contributed by atoms with Crippen LogP contribution in [0.15, 0.2) is 24.3 Å². The Morgan fingerprint density at radius 3 is 2.65 bits per heavy atom. The summed E-state index contributed by atoms with van der Waals surface area (Å²) in [6.07, 6.45) is 0.739. The quantitative estimate of drug-likeness (QED) is 0.706. The zero-order valence-corrected chi connectivity index (χ0v) is 12.6. The molecule has 1 rings (SSSR count). The molecule has 0 fully saturated rings. The number of aromatic carboxylic acids is 1. The molecule has 0 amide bonds. The molecule has 0 unspecified atom stereocenters. The second-order valence-corrected chi connectivity index (χ2v) is 5.48. The topological polar surface area (TPSA) is 49.8 Å². The van der Waals surface area contributed by atoms with Gasteiger partial charge in [0.05, 0.1) is 12.2 Å². The summed E-state index contributed by atoms with van der Waals surface area (Å²) in [4.78, 5) is 13.3. The third-order valence-electron chi connectivity index (χ3n) is 3.08. The summed E-state index contributed by atoms with van der Waals surface area (Å²) >= 11 is 0. The number of nitrogens with zero attached hydrogens (tertiary/aromatic N) is 1. The van der Waals surface area contributed by atoms with Crippen molar-refractivity contribution in [2.24, 2.45) is 5.92 Å². The number of carbonyl (C=O) groups is 1. The maximum absolute atomic E-state index is 11.1. The number of carboxylic acids is 1. The molecule has 0 atom stereocenters. The minimum Gasteiger partial charge on any atom is -0.478 e. The van der Waals surface area contributed by atoms with Gasteiger partial charge in [0.25, 0.3) is 0 Å². The Morgan fingerprint density at radius 1 is 1.30 bits per heavy atom. The molecule has 0 spiro atoms. The van der Waals surface area contributed by atoms with Crippen molar-refractivity contribution in [2.45, 2.75) is 20.3 Å². The molecule has 0 radical (unpaired) electrons. The van der Waals surface area contributed by atoms with E-state index in [0.29, 0.717) is 11.5 Å². The van der Waals surface area contributed by atoms with E-state index in [4.69, 9.17) is 9.84 Å². The fourth-order valence-electron chi connectivity index (χ4n) is 1.91. The zero-order valence-electron chi connectivity index (χ0n) is 12.6. The third-order valence-corrected chi connectivity index (χ3v) is 3.08. The summed E-state index contributed by atoms with van der Waals surface area (Å²) in [6.45, 7) is 7.46. The highest BCUT2D eigenvalue weighted by atomic mass is 16.5. The number of hydrogen-bond donors (Lipinski definition) is 1. The Bertz CT molecular complexity index is 418. The number of ether oxygens (including phenoxy) is 1. The minimum absolute atomic E-state index is 0.400. The third kappa shape index (κ3) is 6.17. The molecule has 1 N–H and O–H groups in total. The van der Waals surface area contributed by atoms with Gasteiger partial charge in [-0.1, -0.05) is 32.0 Å². The van der Waals surface area contributed by atoms with Crippen molar-refractivity contribution in [3.8, 4) is 0 Å². The lowest BCUT2D eigenvalue weighted by molar-refractivity contribution is 0.0695. The van der Waals surface area contributed by atoms with E-state index in [9.17, 15) is 4.79 Å². The molecule has 0 saturated heterocycles. The van der Waals surface area contributed by atoms with Gasteiger partial charge in [-0.05, 0) is 31.0 Å². The lowest BCUT2D eigenvalue weighted by atomic mass is 10.0. The second kappa shape index (κ2) is 8.72. The lowest BCUT2D eigenvalue weighted by Gasteiger charge is -2.17. The van der Waals surface area contributed by atoms with Crippen molar-refractivity contribution in [1.29, 1.82) is 0 Å². The zero-order chi connectivity index (χ0) is 15.0. The molecule has 0 saturated carbocycles. The number of carboxylic acid groups (broad SMARTS) is 1. The molecule has 0 aliphatic rings. The Balaban J connectivity index is 2.34. The normalized spacial score (nSPS) is 11.2. The minimum atomic E-state index is -0.858. The van der Waals surface area contributed by atoms with Gasteiger partial charge in [-0.25, -0.2) is 4.79 Å². The molecular weight excluding hydrogens is 254 g/mol. The van der Waals surface area contributed by atoms with Crippen LogP contribution in [0.25, 0.3) is 0 Å². The molecule has 0 aromatic heterocycles. The van der Waals surface area contributed by atoms with Crippen LogP contribution >= 0.6 is 0 Å². The molecule has 20 heavy (non-hydrogen) atoms. The Hall–Kier alpha value is -1.39. The van der Waals surface area contributed by atoms with E-state index in [1.165, 1.54) is 0 Å². The highest BCUT2D eigenvalue weighted by Gasteiger charge is 2.09. The van der Waals surface area contributed by atoms with Gasteiger partial charge in [0.15, 0.2) is 0 Å². The van der Waals surface area contributed by atoms with Crippen molar-refractivity contribution in [3.63, 3.8) is 0 Å². The van der Waals surface area contributed by atoms with Gasteiger partial charge >= 0.3 is 5.97 Å². The highest BCUT2D eigenvalue weighted by Crippen LogP contribution is 2.10. The molecule has 0 aliphatic carbocycles. The van der Waals surface area contributed by atoms with Gasteiger partial charge < -0.3 is 14.7 Å². The van der Waals surface area contributed by atoms with Gasteiger partial charge in [-0.2, -0.15) is 0 Å². The maximum atomic E-state index is 11.1. The van der Waals surface area contributed by atoms with E-state index >= 15 is 0 Å². The van der Waals surface area contributed by atoms with Crippen molar-refractivity contribution in [1.82, 2.24) is 4.90 Å². The molecule has 0 aliphatic heterocycles. The molecule has 4 heteroatoms. The lowest BCUT2D eigenvalue weighted by Crippen LogP contribution is -2.26. The summed E-state index contributed by atoms with van der Waals surface area (Å²) in [7, 11) is 2.03.